The molecule has 0 saturated carbocycles. The van der Waals surface area contributed by atoms with Crippen molar-refractivity contribution in [2.45, 2.75) is 13.0 Å². The Bertz CT molecular complexity index is 1330. The SMILES string of the molecule is COc1cc(C=NNC(=O)C(C)Oc2ccccc2[N+](=O)[O-])ccc1OC(=O)c1ccc(Cl)c(Cl)c1. The third kappa shape index (κ3) is 6.71. The maximum atomic E-state index is 12.4. The molecule has 10 nitrogen and oxygen atoms in total. The Hall–Kier alpha value is -4.15. The average molecular weight is 532 g/mol. The minimum absolute atomic E-state index is 0.0372. The lowest BCUT2D eigenvalue weighted by Gasteiger charge is -2.13. The molecule has 3 rings (SSSR count). The topological polar surface area (TPSA) is 129 Å². The molecule has 186 valence electrons. The number of hydrogen-bond acceptors (Lipinski definition) is 8. The molecular formula is C24H19Cl2N3O7. The van der Waals surface area contributed by atoms with E-state index in [0.717, 1.165) is 0 Å². The quantitative estimate of drug-likeness (QED) is 0.134. The fraction of sp³-hybridized carbons (Fsp3) is 0.125. The Balaban J connectivity index is 1.63. The molecule has 0 heterocycles. The molecular weight excluding hydrogens is 513 g/mol. The lowest BCUT2D eigenvalue weighted by molar-refractivity contribution is -0.386. The number of hydrazone groups is 1. The van der Waals surface area contributed by atoms with Crippen molar-refractivity contribution in [3.8, 4) is 17.2 Å². The van der Waals surface area contributed by atoms with E-state index in [0.29, 0.717) is 10.6 Å². The van der Waals surface area contributed by atoms with Crippen LogP contribution in [0.5, 0.6) is 17.2 Å². The number of rotatable bonds is 9. The van der Waals surface area contributed by atoms with Gasteiger partial charge in [-0.3, -0.25) is 14.9 Å². The first-order valence-electron chi connectivity index (χ1n) is 10.3. The molecule has 3 aromatic rings. The number of carbonyl (C=O) groups excluding carboxylic acids is 2. The van der Waals surface area contributed by atoms with Gasteiger partial charge >= 0.3 is 11.7 Å². The molecule has 0 aliphatic rings. The number of nitrogens with zero attached hydrogens (tertiary/aromatic N) is 2. The highest BCUT2D eigenvalue weighted by atomic mass is 35.5. The van der Waals surface area contributed by atoms with E-state index >= 15 is 0 Å². The van der Waals surface area contributed by atoms with Crippen molar-refractivity contribution in [1.82, 2.24) is 5.43 Å². The molecule has 0 aliphatic carbocycles. The zero-order chi connectivity index (χ0) is 26.2. The summed E-state index contributed by atoms with van der Waals surface area (Å²) in [6.45, 7) is 1.43. The van der Waals surface area contributed by atoms with Crippen LogP contribution in [-0.4, -0.2) is 36.2 Å². The van der Waals surface area contributed by atoms with Crippen molar-refractivity contribution in [2.75, 3.05) is 7.11 Å². The van der Waals surface area contributed by atoms with Gasteiger partial charge in [-0.25, -0.2) is 10.2 Å². The van der Waals surface area contributed by atoms with Crippen molar-refractivity contribution >= 4 is 47.0 Å². The summed E-state index contributed by atoms with van der Waals surface area (Å²) in [5.74, 6) is -0.922. The van der Waals surface area contributed by atoms with Gasteiger partial charge in [0, 0.05) is 6.07 Å². The number of carbonyl (C=O) groups is 2. The summed E-state index contributed by atoms with van der Waals surface area (Å²) in [5, 5.41) is 15.5. The first-order valence-corrected chi connectivity index (χ1v) is 11.0. The van der Waals surface area contributed by atoms with Gasteiger partial charge in [0.1, 0.15) is 0 Å². The maximum absolute atomic E-state index is 12.4. The highest BCUT2D eigenvalue weighted by Crippen LogP contribution is 2.30. The molecule has 0 aromatic heterocycles. The summed E-state index contributed by atoms with van der Waals surface area (Å²) >= 11 is 11.8. The van der Waals surface area contributed by atoms with Crippen LogP contribution in [0.1, 0.15) is 22.8 Å². The largest absolute Gasteiger partial charge is 0.493 e. The van der Waals surface area contributed by atoms with E-state index in [1.807, 2.05) is 0 Å². The zero-order valence-corrected chi connectivity index (χ0v) is 20.4. The van der Waals surface area contributed by atoms with Crippen LogP contribution in [-0.2, 0) is 4.79 Å². The van der Waals surface area contributed by atoms with Crippen molar-refractivity contribution in [2.24, 2.45) is 5.10 Å². The van der Waals surface area contributed by atoms with E-state index in [-0.39, 0.29) is 33.5 Å². The first kappa shape index (κ1) is 26.5. The zero-order valence-electron chi connectivity index (χ0n) is 18.9. The van der Waals surface area contributed by atoms with E-state index in [9.17, 15) is 19.7 Å². The number of ether oxygens (including phenoxy) is 3. The van der Waals surface area contributed by atoms with Crippen molar-refractivity contribution < 1.29 is 28.7 Å². The number of hydrogen-bond donors (Lipinski definition) is 1. The van der Waals surface area contributed by atoms with Crippen molar-refractivity contribution in [3.63, 3.8) is 0 Å². The van der Waals surface area contributed by atoms with Gasteiger partial charge in [0.15, 0.2) is 23.4 Å². The fourth-order valence-corrected chi connectivity index (χ4v) is 3.14. The van der Waals surface area contributed by atoms with E-state index in [1.54, 1.807) is 18.2 Å². The Morgan fingerprint density at radius 1 is 1.03 bits per heavy atom. The molecule has 0 fully saturated rings. The Morgan fingerprint density at radius 3 is 2.47 bits per heavy atom. The predicted octanol–water partition coefficient (Wildman–Crippen LogP) is 5.05. The van der Waals surface area contributed by atoms with Gasteiger partial charge < -0.3 is 14.2 Å². The smallest absolute Gasteiger partial charge is 0.343 e. The molecule has 0 radical (unpaired) electrons. The van der Waals surface area contributed by atoms with Gasteiger partial charge in [-0.1, -0.05) is 35.3 Å². The first-order chi connectivity index (χ1) is 17.2. The molecule has 0 aliphatic heterocycles. The number of nitrogens with one attached hydrogen (secondary N) is 1. The predicted molar refractivity (Wildman–Crippen MR) is 133 cm³/mol. The van der Waals surface area contributed by atoms with Gasteiger partial charge in [-0.2, -0.15) is 5.10 Å². The summed E-state index contributed by atoms with van der Waals surface area (Å²) in [7, 11) is 1.40. The molecule has 0 spiro atoms. The van der Waals surface area contributed by atoms with Crippen LogP contribution in [0.25, 0.3) is 0 Å². The molecule has 0 bridgehead atoms. The van der Waals surface area contributed by atoms with E-state index in [1.165, 1.54) is 62.7 Å². The van der Waals surface area contributed by atoms with Crippen LogP contribution in [0.2, 0.25) is 10.0 Å². The molecule has 1 unspecified atom stereocenters. The Kier molecular flexibility index (Phi) is 8.82. The lowest BCUT2D eigenvalue weighted by Crippen LogP contribution is -2.33. The van der Waals surface area contributed by atoms with Crippen LogP contribution in [0, 0.1) is 10.1 Å². The molecule has 1 amide bonds. The summed E-state index contributed by atoms with van der Waals surface area (Å²) in [6.07, 6.45) is 0.281. The van der Waals surface area contributed by atoms with Gasteiger partial charge in [0.2, 0.25) is 0 Å². The molecule has 3 aromatic carbocycles. The highest BCUT2D eigenvalue weighted by molar-refractivity contribution is 6.42. The van der Waals surface area contributed by atoms with Crippen molar-refractivity contribution in [3.05, 3.63) is 92.0 Å². The van der Waals surface area contributed by atoms with Gasteiger partial charge in [-0.05, 0) is 55.0 Å². The number of benzene rings is 3. The number of amides is 1. The number of esters is 1. The lowest BCUT2D eigenvalue weighted by atomic mass is 10.2. The second kappa shape index (κ2) is 12.0. The fourth-order valence-electron chi connectivity index (χ4n) is 2.84. The average Bonchev–Trinajstić information content (AvgIpc) is 2.86. The van der Waals surface area contributed by atoms with Crippen LogP contribution in [0.15, 0.2) is 65.8 Å². The van der Waals surface area contributed by atoms with Gasteiger partial charge in [-0.15, -0.1) is 0 Å². The molecule has 12 heteroatoms. The van der Waals surface area contributed by atoms with Crippen LogP contribution < -0.4 is 19.6 Å². The number of halogens is 2. The minimum Gasteiger partial charge on any atom is -0.493 e. The summed E-state index contributed by atoms with van der Waals surface area (Å²) in [5.41, 5.74) is 2.77. The van der Waals surface area contributed by atoms with Crippen LogP contribution >= 0.6 is 23.2 Å². The third-order valence-electron chi connectivity index (χ3n) is 4.67. The molecule has 1 N–H and O–H groups in total. The highest BCUT2D eigenvalue weighted by Gasteiger charge is 2.20. The number of methoxy groups -OCH3 is 1. The minimum atomic E-state index is -1.05. The maximum Gasteiger partial charge on any atom is 0.343 e. The number of nitro groups is 1. The van der Waals surface area contributed by atoms with Gasteiger partial charge in [0.25, 0.3) is 5.91 Å². The molecule has 1 atom stereocenters. The van der Waals surface area contributed by atoms with E-state index < -0.39 is 22.9 Å². The van der Waals surface area contributed by atoms with Gasteiger partial charge in [0.05, 0.1) is 33.9 Å². The summed E-state index contributed by atoms with van der Waals surface area (Å²) in [4.78, 5) is 35.2. The van der Waals surface area contributed by atoms with E-state index in [2.05, 4.69) is 10.5 Å². The number of para-hydroxylation sites is 2. The second-order valence-corrected chi connectivity index (χ2v) is 7.96. The molecule has 36 heavy (non-hydrogen) atoms. The Labute approximate surface area is 215 Å². The normalized spacial score (nSPS) is 11.6. The Morgan fingerprint density at radius 2 is 1.78 bits per heavy atom. The van der Waals surface area contributed by atoms with Crippen LogP contribution in [0.4, 0.5) is 5.69 Å². The second-order valence-electron chi connectivity index (χ2n) is 7.15. The van der Waals surface area contributed by atoms with Crippen LogP contribution in [0.3, 0.4) is 0 Å². The monoisotopic (exact) mass is 531 g/mol. The van der Waals surface area contributed by atoms with Crippen molar-refractivity contribution in [1.29, 1.82) is 0 Å². The van der Waals surface area contributed by atoms with E-state index in [4.69, 9.17) is 37.4 Å². The summed E-state index contributed by atoms with van der Waals surface area (Å²) in [6, 6.07) is 14.7. The standard InChI is InChI=1S/C24H19Cl2N3O7/c1-14(35-20-6-4-3-5-19(20)29(32)33)23(30)28-27-13-15-7-10-21(22(11-15)34-2)36-24(31)16-8-9-17(25)18(26)12-16/h3-14H,1-2H3,(H,28,30). The molecule has 0 saturated heterocycles. The summed E-state index contributed by atoms with van der Waals surface area (Å²) < 4.78 is 16.1. The number of nitro benzene ring substituents is 1. The third-order valence-corrected chi connectivity index (χ3v) is 5.41.